The third-order valence-electron chi connectivity index (χ3n) is 5.71. The van der Waals surface area contributed by atoms with Crippen molar-refractivity contribution in [3.8, 4) is 28.4 Å². The number of aromatic nitrogens is 1. The fourth-order valence-corrected chi connectivity index (χ4v) is 4.07. The zero-order chi connectivity index (χ0) is 22.9. The third kappa shape index (κ3) is 3.67. The standard InChI is InChI=1S/C26H21NO6/c1-30-17-12-18(16-6-4-3-5-7-16)23-20(13-17)25(28)19(24(27-23)26(29)31-2)10-15-8-9-21-22(11-15)33-14-32-21/h3-9,11-13H,10,14H2,1-2H3,(H,27,28). The van der Waals surface area contributed by atoms with Gasteiger partial charge < -0.3 is 23.9 Å². The number of methoxy groups -OCH3 is 2. The van der Waals surface area contributed by atoms with Gasteiger partial charge in [0.15, 0.2) is 16.9 Å². The summed E-state index contributed by atoms with van der Waals surface area (Å²) in [7, 11) is 2.85. The molecule has 0 spiro atoms. The van der Waals surface area contributed by atoms with E-state index >= 15 is 0 Å². The van der Waals surface area contributed by atoms with E-state index in [1.54, 1.807) is 19.2 Å². The van der Waals surface area contributed by atoms with Crippen LogP contribution in [0.2, 0.25) is 0 Å². The van der Waals surface area contributed by atoms with Crippen LogP contribution < -0.4 is 19.6 Å². The smallest absolute Gasteiger partial charge is 0.354 e. The lowest BCUT2D eigenvalue weighted by molar-refractivity contribution is 0.0593. The van der Waals surface area contributed by atoms with Crippen LogP contribution in [0.25, 0.3) is 22.0 Å². The summed E-state index contributed by atoms with van der Waals surface area (Å²) in [6, 6.07) is 18.6. The highest BCUT2D eigenvalue weighted by atomic mass is 16.7. The van der Waals surface area contributed by atoms with Crippen molar-refractivity contribution in [2.45, 2.75) is 6.42 Å². The molecule has 0 atom stereocenters. The topological polar surface area (TPSA) is 86.9 Å². The van der Waals surface area contributed by atoms with Crippen molar-refractivity contribution in [1.29, 1.82) is 0 Å². The summed E-state index contributed by atoms with van der Waals surface area (Å²) in [5.41, 5.74) is 3.15. The molecule has 4 aromatic rings. The van der Waals surface area contributed by atoms with Crippen LogP contribution >= 0.6 is 0 Å². The molecule has 33 heavy (non-hydrogen) atoms. The highest BCUT2D eigenvalue weighted by Gasteiger charge is 2.22. The van der Waals surface area contributed by atoms with E-state index in [1.165, 1.54) is 7.11 Å². The molecule has 0 aliphatic carbocycles. The maximum atomic E-state index is 13.7. The Hall–Kier alpha value is -4.26. The summed E-state index contributed by atoms with van der Waals surface area (Å²) in [5, 5.41) is 0.427. The van der Waals surface area contributed by atoms with Gasteiger partial charge in [-0.1, -0.05) is 36.4 Å². The minimum absolute atomic E-state index is 0.120. The minimum Gasteiger partial charge on any atom is -0.497 e. The number of rotatable bonds is 5. The van der Waals surface area contributed by atoms with Crippen LogP contribution in [0.3, 0.4) is 0 Å². The van der Waals surface area contributed by atoms with Gasteiger partial charge in [-0.25, -0.2) is 4.79 Å². The summed E-state index contributed by atoms with van der Waals surface area (Å²) < 4.78 is 21.3. The number of esters is 1. The van der Waals surface area contributed by atoms with Gasteiger partial charge in [-0.05, 0) is 35.4 Å². The lowest BCUT2D eigenvalue weighted by Gasteiger charge is -2.14. The number of H-pyrrole nitrogens is 1. The Kier molecular flexibility index (Phi) is 5.22. The molecule has 166 valence electrons. The average Bonchev–Trinajstić information content (AvgIpc) is 3.33. The van der Waals surface area contributed by atoms with Crippen LogP contribution in [0, 0.1) is 0 Å². The Labute approximate surface area is 189 Å². The molecule has 1 aliphatic heterocycles. The molecule has 2 heterocycles. The van der Waals surface area contributed by atoms with Crippen molar-refractivity contribution in [3.63, 3.8) is 0 Å². The zero-order valence-electron chi connectivity index (χ0n) is 18.1. The van der Waals surface area contributed by atoms with Gasteiger partial charge in [-0.3, -0.25) is 4.79 Å². The van der Waals surface area contributed by atoms with Gasteiger partial charge in [-0.15, -0.1) is 0 Å². The van der Waals surface area contributed by atoms with Crippen LogP contribution in [0.15, 0.2) is 65.5 Å². The van der Waals surface area contributed by atoms with Gasteiger partial charge in [0.2, 0.25) is 6.79 Å². The molecule has 1 aliphatic rings. The van der Waals surface area contributed by atoms with Crippen LogP contribution in [0.5, 0.6) is 17.2 Å². The van der Waals surface area contributed by atoms with Crippen molar-refractivity contribution in [1.82, 2.24) is 4.98 Å². The number of aromatic amines is 1. The molecule has 0 fully saturated rings. The maximum absolute atomic E-state index is 13.7. The van der Waals surface area contributed by atoms with Gasteiger partial charge in [0.05, 0.1) is 25.1 Å². The second-order valence-corrected chi connectivity index (χ2v) is 7.63. The van der Waals surface area contributed by atoms with E-state index in [2.05, 4.69) is 4.98 Å². The lowest BCUT2D eigenvalue weighted by Crippen LogP contribution is -2.20. The molecule has 0 saturated heterocycles. The number of pyridine rings is 1. The second kappa shape index (κ2) is 8.35. The van der Waals surface area contributed by atoms with E-state index in [0.717, 1.165) is 16.7 Å². The van der Waals surface area contributed by atoms with Gasteiger partial charge in [0.25, 0.3) is 0 Å². The van der Waals surface area contributed by atoms with E-state index in [0.29, 0.717) is 33.7 Å². The number of carbonyl (C=O) groups is 1. The quantitative estimate of drug-likeness (QED) is 0.463. The minimum atomic E-state index is -0.612. The average molecular weight is 443 g/mol. The Morgan fingerprint density at radius 1 is 1.00 bits per heavy atom. The summed E-state index contributed by atoms with van der Waals surface area (Å²) in [4.78, 5) is 29.6. The summed E-state index contributed by atoms with van der Waals surface area (Å²) in [6.45, 7) is 0.158. The van der Waals surface area contributed by atoms with E-state index in [9.17, 15) is 9.59 Å². The molecule has 0 unspecified atom stereocenters. The predicted molar refractivity (Wildman–Crippen MR) is 123 cm³/mol. The van der Waals surface area contributed by atoms with E-state index in [-0.39, 0.29) is 24.3 Å². The molecule has 1 N–H and O–H groups in total. The van der Waals surface area contributed by atoms with Crippen molar-refractivity contribution < 1.29 is 23.7 Å². The van der Waals surface area contributed by atoms with Crippen molar-refractivity contribution in [2.75, 3.05) is 21.0 Å². The molecular formula is C26H21NO6. The molecule has 7 nitrogen and oxygen atoms in total. The van der Waals surface area contributed by atoms with Crippen LogP contribution in [-0.2, 0) is 11.2 Å². The first kappa shape index (κ1) is 20.6. The first-order valence-electron chi connectivity index (χ1n) is 10.4. The molecule has 3 aromatic carbocycles. The predicted octanol–water partition coefficient (Wildman–Crippen LogP) is 4.31. The number of carbonyl (C=O) groups excluding carboxylic acids is 1. The fourth-order valence-electron chi connectivity index (χ4n) is 4.07. The molecule has 0 saturated carbocycles. The molecule has 5 rings (SSSR count). The summed E-state index contributed by atoms with van der Waals surface area (Å²) >= 11 is 0. The molecule has 1 aromatic heterocycles. The monoisotopic (exact) mass is 443 g/mol. The molecule has 0 bridgehead atoms. The largest absolute Gasteiger partial charge is 0.497 e. The van der Waals surface area contributed by atoms with Crippen molar-refractivity contribution in [2.24, 2.45) is 0 Å². The van der Waals surface area contributed by atoms with Crippen LogP contribution in [0.4, 0.5) is 0 Å². The van der Waals surface area contributed by atoms with E-state index < -0.39 is 5.97 Å². The molecule has 0 radical (unpaired) electrons. The number of hydrogen-bond acceptors (Lipinski definition) is 6. The van der Waals surface area contributed by atoms with Crippen molar-refractivity contribution in [3.05, 3.63) is 87.7 Å². The van der Waals surface area contributed by atoms with Crippen LogP contribution in [0.1, 0.15) is 21.6 Å². The number of benzene rings is 3. The Bertz CT molecular complexity index is 1420. The first-order chi connectivity index (χ1) is 16.1. The van der Waals surface area contributed by atoms with Crippen LogP contribution in [-0.4, -0.2) is 32.0 Å². The second-order valence-electron chi connectivity index (χ2n) is 7.63. The fraction of sp³-hybridized carbons (Fsp3) is 0.154. The number of nitrogens with one attached hydrogen (secondary N) is 1. The molecule has 7 heteroatoms. The summed E-state index contributed by atoms with van der Waals surface area (Å²) in [6.07, 6.45) is 0.213. The van der Waals surface area contributed by atoms with E-state index in [1.807, 2.05) is 48.5 Å². The maximum Gasteiger partial charge on any atom is 0.354 e. The molecular weight excluding hydrogens is 422 g/mol. The van der Waals surface area contributed by atoms with E-state index in [4.69, 9.17) is 18.9 Å². The Balaban J connectivity index is 1.74. The van der Waals surface area contributed by atoms with Crippen molar-refractivity contribution >= 4 is 16.9 Å². The third-order valence-corrected chi connectivity index (χ3v) is 5.71. The molecule has 0 amide bonds. The first-order valence-corrected chi connectivity index (χ1v) is 10.4. The summed E-state index contributed by atoms with van der Waals surface area (Å²) in [5.74, 6) is 1.19. The van der Waals surface area contributed by atoms with Gasteiger partial charge in [0.1, 0.15) is 11.4 Å². The number of hydrogen-bond donors (Lipinski definition) is 1. The van der Waals surface area contributed by atoms with Gasteiger partial charge in [0, 0.05) is 17.5 Å². The lowest BCUT2D eigenvalue weighted by atomic mass is 9.96. The number of fused-ring (bicyclic) bond motifs is 2. The highest BCUT2D eigenvalue weighted by molar-refractivity contribution is 5.99. The Morgan fingerprint density at radius 2 is 1.79 bits per heavy atom. The SMILES string of the molecule is COC(=O)c1[nH]c2c(-c3ccccc3)cc(OC)cc2c(=O)c1Cc1ccc2c(c1)OCO2. The number of ether oxygens (including phenoxy) is 4. The van der Waals surface area contributed by atoms with Gasteiger partial charge >= 0.3 is 5.97 Å². The normalized spacial score (nSPS) is 12.1. The Morgan fingerprint density at radius 3 is 2.55 bits per heavy atom. The van der Waals surface area contributed by atoms with Gasteiger partial charge in [-0.2, -0.15) is 0 Å². The zero-order valence-corrected chi connectivity index (χ0v) is 18.1. The highest BCUT2D eigenvalue weighted by Crippen LogP contribution is 2.34.